The molecule has 0 radical (unpaired) electrons. The molecule has 7 heteroatoms. The maximum Gasteiger partial charge on any atom is 0.317 e. The number of hydrogen-bond donors (Lipinski definition) is 1. The van der Waals surface area contributed by atoms with Gasteiger partial charge in [0.25, 0.3) is 5.89 Å². The first kappa shape index (κ1) is 18.0. The van der Waals surface area contributed by atoms with Crippen LogP contribution in [-0.4, -0.2) is 46.3 Å². The lowest BCUT2D eigenvalue weighted by Crippen LogP contribution is -2.59. The Kier molecular flexibility index (Phi) is 4.97. The van der Waals surface area contributed by atoms with Crippen molar-refractivity contribution in [3.05, 3.63) is 54.6 Å². The smallest absolute Gasteiger partial charge is 0.317 e. The fourth-order valence-corrected chi connectivity index (χ4v) is 2.93. The van der Waals surface area contributed by atoms with Gasteiger partial charge in [-0.25, -0.2) is 4.79 Å². The highest BCUT2D eigenvalue weighted by Crippen LogP contribution is 2.25. The van der Waals surface area contributed by atoms with Crippen molar-refractivity contribution in [2.45, 2.75) is 26.0 Å². The lowest BCUT2D eigenvalue weighted by atomic mass is 10.1. The third-order valence-electron chi connectivity index (χ3n) is 4.41. The summed E-state index contributed by atoms with van der Waals surface area (Å²) in [6.07, 6.45) is 0.0126. The Balaban J connectivity index is 1.34. The molecule has 3 aromatic rings. The van der Waals surface area contributed by atoms with Gasteiger partial charge in [-0.05, 0) is 50.2 Å². The molecule has 4 rings (SSSR count). The van der Waals surface area contributed by atoms with Gasteiger partial charge in [-0.15, -0.1) is 0 Å². The quantitative estimate of drug-likeness (QED) is 0.734. The Hall–Kier alpha value is -3.35. The Bertz CT molecular complexity index is 932. The number of hydrogen-bond acceptors (Lipinski definition) is 5. The normalized spacial score (nSPS) is 14.0. The summed E-state index contributed by atoms with van der Waals surface area (Å²) < 4.78 is 11.3. The van der Waals surface area contributed by atoms with Crippen molar-refractivity contribution in [3.8, 4) is 28.6 Å². The highest BCUT2D eigenvalue weighted by molar-refractivity contribution is 5.75. The van der Waals surface area contributed by atoms with Gasteiger partial charge in [-0.3, -0.25) is 0 Å². The van der Waals surface area contributed by atoms with Gasteiger partial charge in [0.1, 0.15) is 11.9 Å². The third-order valence-corrected chi connectivity index (χ3v) is 4.41. The molecule has 2 aromatic carbocycles. The van der Waals surface area contributed by atoms with E-state index in [1.807, 2.05) is 68.4 Å². The van der Waals surface area contributed by atoms with E-state index in [0.29, 0.717) is 24.8 Å². The molecule has 0 aliphatic carbocycles. The number of ether oxygens (including phenoxy) is 1. The summed E-state index contributed by atoms with van der Waals surface area (Å²) in [5.41, 5.74) is 1.74. The van der Waals surface area contributed by atoms with Gasteiger partial charge < -0.3 is 19.5 Å². The van der Waals surface area contributed by atoms with Crippen LogP contribution in [0.1, 0.15) is 13.8 Å². The molecule has 2 amide bonds. The lowest BCUT2D eigenvalue weighted by molar-refractivity contribution is 0.0438. The fraction of sp³-hybridized carbons (Fsp3) is 0.286. The summed E-state index contributed by atoms with van der Waals surface area (Å²) in [6.45, 7) is 5.07. The van der Waals surface area contributed by atoms with Crippen LogP contribution in [0.4, 0.5) is 4.79 Å². The standard InChI is InChI=1S/C21H22N4O3/c1-14(2)22-21(26)25-12-18(13-25)27-17-10-8-15(9-11-17)19-23-20(28-24-19)16-6-4-3-5-7-16/h3-11,14,18H,12-13H2,1-2H3,(H,22,26). The average molecular weight is 378 g/mol. The number of benzene rings is 2. The number of rotatable bonds is 5. The van der Waals surface area contributed by atoms with E-state index in [9.17, 15) is 4.79 Å². The summed E-state index contributed by atoms with van der Waals surface area (Å²) in [4.78, 5) is 18.1. The number of carbonyl (C=O) groups excluding carboxylic acids is 1. The van der Waals surface area contributed by atoms with Crippen LogP contribution < -0.4 is 10.1 Å². The second-order valence-electron chi connectivity index (χ2n) is 7.06. The van der Waals surface area contributed by atoms with E-state index in [4.69, 9.17) is 9.26 Å². The van der Waals surface area contributed by atoms with Crippen LogP contribution in [0.25, 0.3) is 22.8 Å². The number of carbonyl (C=O) groups is 1. The zero-order valence-electron chi connectivity index (χ0n) is 15.8. The van der Waals surface area contributed by atoms with E-state index >= 15 is 0 Å². The summed E-state index contributed by atoms with van der Waals surface area (Å²) in [7, 11) is 0. The molecule has 0 unspecified atom stereocenters. The molecule has 0 bridgehead atoms. The van der Waals surface area contributed by atoms with Crippen LogP contribution in [0.3, 0.4) is 0 Å². The Morgan fingerprint density at radius 1 is 1.11 bits per heavy atom. The largest absolute Gasteiger partial charge is 0.487 e. The van der Waals surface area contributed by atoms with Crippen LogP contribution >= 0.6 is 0 Å². The molecule has 0 saturated carbocycles. The molecule has 1 saturated heterocycles. The molecule has 7 nitrogen and oxygen atoms in total. The molecular formula is C21H22N4O3. The van der Waals surface area contributed by atoms with E-state index in [1.165, 1.54) is 0 Å². The second-order valence-corrected chi connectivity index (χ2v) is 7.06. The van der Waals surface area contributed by atoms with E-state index in [1.54, 1.807) is 4.90 Å². The zero-order chi connectivity index (χ0) is 19.5. The zero-order valence-corrected chi connectivity index (χ0v) is 15.8. The van der Waals surface area contributed by atoms with Gasteiger partial charge in [0.2, 0.25) is 5.82 Å². The molecule has 144 valence electrons. The molecule has 28 heavy (non-hydrogen) atoms. The minimum absolute atomic E-state index is 0.0126. The minimum Gasteiger partial charge on any atom is -0.487 e. The predicted molar refractivity (Wildman–Crippen MR) is 105 cm³/mol. The molecule has 1 N–H and O–H groups in total. The number of likely N-dealkylation sites (tertiary alicyclic amines) is 1. The van der Waals surface area contributed by atoms with Gasteiger partial charge in [0.05, 0.1) is 13.1 Å². The van der Waals surface area contributed by atoms with Crippen molar-refractivity contribution in [1.29, 1.82) is 0 Å². The van der Waals surface area contributed by atoms with Crippen molar-refractivity contribution < 1.29 is 14.1 Å². The van der Waals surface area contributed by atoms with Gasteiger partial charge in [-0.1, -0.05) is 23.4 Å². The molecule has 2 heterocycles. The van der Waals surface area contributed by atoms with E-state index in [-0.39, 0.29) is 18.2 Å². The molecule has 0 atom stereocenters. The van der Waals surface area contributed by atoms with Gasteiger partial charge in [0, 0.05) is 17.2 Å². The van der Waals surface area contributed by atoms with Gasteiger partial charge >= 0.3 is 6.03 Å². The number of amides is 2. The van der Waals surface area contributed by atoms with Crippen LogP contribution in [0.15, 0.2) is 59.1 Å². The van der Waals surface area contributed by atoms with Crippen LogP contribution in [0.5, 0.6) is 5.75 Å². The molecule has 1 aromatic heterocycles. The highest BCUT2D eigenvalue weighted by Gasteiger charge is 2.32. The average Bonchev–Trinajstić information content (AvgIpc) is 3.15. The summed E-state index contributed by atoms with van der Waals surface area (Å²) >= 11 is 0. The third kappa shape index (κ3) is 3.98. The first-order chi connectivity index (χ1) is 13.6. The summed E-state index contributed by atoms with van der Waals surface area (Å²) in [5.74, 6) is 1.78. The van der Waals surface area contributed by atoms with Crippen LogP contribution in [0.2, 0.25) is 0 Å². The van der Waals surface area contributed by atoms with E-state index in [2.05, 4.69) is 15.5 Å². The number of nitrogens with one attached hydrogen (secondary N) is 1. The minimum atomic E-state index is -0.0449. The second kappa shape index (κ2) is 7.72. The highest BCUT2D eigenvalue weighted by atomic mass is 16.5. The number of urea groups is 1. The number of aromatic nitrogens is 2. The molecule has 1 fully saturated rings. The van der Waals surface area contributed by atoms with Crippen LogP contribution in [0, 0.1) is 0 Å². The maximum absolute atomic E-state index is 11.9. The van der Waals surface area contributed by atoms with Crippen molar-refractivity contribution in [2.75, 3.05) is 13.1 Å². The molecular weight excluding hydrogens is 356 g/mol. The SMILES string of the molecule is CC(C)NC(=O)N1CC(Oc2ccc(-c3noc(-c4ccccc4)n3)cc2)C1. The fourth-order valence-electron chi connectivity index (χ4n) is 2.93. The van der Waals surface area contributed by atoms with Gasteiger partial charge in [0.15, 0.2) is 0 Å². The molecule has 1 aliphatic heterocycles. The topological polar surface area (TPSA) is 80.5 Å². The Morgan fingerprint density at radius 3 is 2.50 bits per heavy atom. The number of nitrogens with zero attached hydrogens (tertiary/aromatic N) is 3. The maximum atomic E-state index is 11.9. The van der Waals surface area contributed by atoms with E-state index in [0.717, 1.165) is 16.9 Å². The Morgan fingerprint density at radius 2 is 1.82 bits per heavy atom. The van der Waals surface area contributed by atoms with Crippen molar-refractivity contribution in [3.63, 3.8) is 0 Å². The van der Waals surface area contributed by atoms with Gasteiger partial charge in [-0.2, -0.15) is 4.98 Å². The monoisotopic (exact) mass is 378 g/mol. The van der Waals surface area contributed by atoms with Crippen molar-refractivity contribution in [1.82, 2.24) is 20.4 Å². The van der Waals surface area contributed by atoms with Crippen LogP contribution in [-0.2, 0) is 0 Å². The van der Waals surface area contributed by atoms with Crippen molar-refractivity contribution >= 4 is 6.03 Å². The molecule has 0 spiro atoms. The molecule has 1 aliphatic rings. The summed E-state index contributed by atoms with van der Waals surface area (Å²) in [5, 5.41) is 6.93. The predicted octanol–water partition coefficient (Wildman–Crippen LogP) is 3.58. The lowest BCUT2D eigenvalue weighted by Gasteiger charge is -2.39. The summed E-state index contributed by atoms with van der Waals surface area (Å²) in [6, 6.07) is 17.3. The van der Waals surface area contributed by atoms with E-state index < -0.39 is 0 Å². The van der Waals surface area contributed by atoms with Crippen molar-refractivity contribution in [2.24, 2.45) is 0 Å². The first-order valence-electron chi connectivity index (χ1n) is 9.30. The first-order valence-corrected chi connectivity index (χ1v) is 9.30. The Labute approximate surface area is 163 Å².